The number of rotatable bonds is 7. The molecule has 1 N–H and O–H groups in total. The van der Waals surface area contributed by atoms with Gasteiger partial charge in [-0.15, -0.1) is 10.2 Å². The molecule has 2 fully saturated rings. The van der Waals surface area contributed by atoms with Crippen molar-refractivity contribution in [1.29, 1.82) is 5.26 Å². The van der Waals surface area contributed by atoms with Crippen LogP contribution in [0.2, 0.25) is 0 Å². The highest BCUT2D eigenvalue weighted by Gasteiger charge is 2.47. The van der Waals surface area contributed by atoms with E-state index in [0.717, 1.165) is 0 Å². The Labute approximate surface area is 231 Å². The topological polar surface area (TPSA) is 142 Å². The van der Waals surface area contributed by atoms with Gasteiger partial charge in [0, 0.05) is 44.5 Å². The number of piperazine rings is 1. The minimum absolute atomic E-state index is 0.0471. The second-order valence-corrected chi connectivity index (χ2v) is 12.9. The number of nitrogens with one attached hydrogen (secondary N) is 1. The summed E-state index contributed by atoms with van der Waals surface area (Å²) in [6.07, 6.45) is 1.26. The average molecular weight is 590 g/mol. The summed E-state index contributed by atoms with van der Waals surface area (Å²) in [7, 11) is -4.14. The molecule has 210 valence electrons. The number of fused-ring (bicyclic) bond motifs is 3. The van der Waals surface area contributed by atoms with Crippen LogP contribution in [0, 0.1) is 17.2 Å². The highest BCUT2D eigenvalue weighted by molar-refractivity contribution is 7.89. The molecule has 1 aliphatic heterocycles. The molecule has 4 heterocycles. The van der Waals surface area contributed by atoms with E-state index in [2.05, 4.69) is 19.9 Å². The monoisotopic (exact) mass is 589 g/mol. The lowest BCUT2D eigenvalue weighted by molar-refractivity contribution is -0.134. The van der Waals surface area contributed by atoms with Crippen LogP contribution >= 0.6 is 11.3 Å². The molecular formula is C24H25F2N9O3S2. The van der Waals surface area contributed by atoms with E-state index in [-0.39, 0.29) is 21.9 Å². The van der Waals surface area contributed by atoms with Gasteiger partial charge in [0.1, 0.15) is 5.54 Å². The number of sulfonamides is 1. The van der Waals surface area contributed by atoms with Gasteiger partial charge in [-0.2, -0.15) is 9.98 Å². The first-order valence-electron chi connectivity index (χ1n) is 12.7. The fraction of sp³-hybridized carbons (Fsp3) is 0.458. The molecule has 40 heavy (non-hydrogen) atoms. The lowest BCUT2D eigenvalue weighted by atomic mass is 10.1. The molecule has 3 aromatic heterocycles. The van der Waals surface area contributed by atoms with E-state index in [4.69, 9.17) is 0 Å². The number of nitriles is 1. The van der Waals surface area contributed by atoms with Crippen LogP contribution in [0.25, 0.3) is 21.9 Å². The van der Waals surface area contributed by atoms with Crippen molar-refractivity contribution in [1.82, 2.24) is 33.8 Å². The molecule has 0 radical (unpaired) electrons. The van der Waals surface area contributed by atoms with Crippen LogP contribution in [0.4, 0.5) is 14.5 Å². The van der Waals surface area contributed by atoms with Crippen LogP contribution in [0.1, 0.15) is 38.1 Å². The molecule has 1 aromatic carbocycles. The molecule has 16 heteroatoms. The number of amides is 1. The van der Waals surface area contributed by atoms with Gasteiger partial charge in [-0.05, 0) is 25.0 Å². The number of carbonyl (C=O) groups excluding carboxylic acids is 1. The number of hydrogen-bond acceptors (Lipinski definition) is 9. The van der Waals surface area contributed by atoms with Gasteiger partial charge in [-0.1, -0.05) is 25.2 Å². The Kier molecular flexibility index (Phi) is 6.28. The fourth-order valence-corrected chi connectivity index (χ4v) is 7.07. The van der Waals surface area contributed by atoms with E-state index < -0.39 is 27.0 Å². The standard InChI is InChI=1S/C24H25F2N9O3S2/c1-14(2)21(36)33-9-7-32(8-10-33)16-11-15(40(37,38)31-24(13-27)3-4-24)12-17-18(16)34-6-5-28-22(34)35(17)23-30-29-20(39-23)19(25)26/h5-6,11-12,14,19,31H,3-4,7-10H2,1-2H3. The van der Waals surface area contributed by atoms with Crippen LogP contribution in [0.15, 0.2) is 29.4 Å². The first kappa shape index (κ1) is 26.5. The smallest absolute Gasteiger partial charge is 0.291 e. The molecule has 0 atom stereocenters. The number of nitrogens with zero attached hydrogens (tertiary/aromatic N) is 8. The number of halogens is 2. The van der Waals surface area contributed by atoms with Crippen molar-refractivity contribution in [3.05, 3.63) is 29.5 Å². The first-order chi connectivity index (χ1) is 19.0. The molecule has 1 aliphatic carbocycles. The molecule has 1 saturated carbocycles. The maximum absolute atomic E-state index is 13.5. The fourth-order valence-electron chi connectivity index (χ4n) is 4.94. The van der Waals surface area contributed by atoms with Crippen LogP contribution in [-0.4, -0.2) is 75.1 Å². The molecule has 1 amide bonds. The maximum Gasteiger partial charge on any atom is 0.291 e. The number of benzene rings is 1. The van der Waals surface area contributed by atoms with E-state index in [1.54, 1.807) is 27.8 Å². The summed E-state index contributed by atoms with van der Waals surface area (Å²) in [6, 6.07) is 5.02. The average Bonchev–Trinajstić information content (AvgIpc) is 3.26. The van der Waals surface area contributed by atoms with Gasteiger partial charge in [0.15, 0.2) is 5.01 Å². The molecular weight excluding hydrogens is 564 g/mol. The minimum atomic E-state index is -4.14. The van der Waals surface area contributed by atoms with Crippen molar-refractivity contribution in [3.8, 4) is 11.2 Å². The normalized spacial score (nSPS) is 17.3. The highest BCUT2D eigenvalue weighted by atomic mass is 32.2. The predicted molar refractivity (Wildman–Crippen MR) is 142 cm³/mol. The summed E-state index contributed by atoms with van der Waals surface area (Å²) in [6.45, 7) is 5.49. The Balaban J connectivity index is 1.53. The predicted octanol–water partition coefficient (Wildman–Crippen LogP) is 2.71. The number of anilines is 1. The number of imidazole rings is 2. The van der Waals surface area contributed by atoms with Crippen LogP contribution in [0.3, 0.4) is 0 Å². The number of alkyl halides is 2. The summed E-state index contributed by atoms with van der Waals surface area (Å²) < 4.78 is 59.6. The third kappa shape index (κ3) is 4.38. The van der Waals surface area contributed by atoms with Crippen molar-refractivity contribution >= 4 is 49.8 Å². The number of aromatic nitrogens is 5. The SMILES string of the molecule is CC(C)C(=O)N1CCN(c2cc(S(=O)(=O)NC3(C#N)CC3)cc3c2n2ccnc2n3-c2nnc(C(F)F)s2)CC1. The highest BCUT2D eigenvalue weighted by Crippen LogP contribution is 2.39. The zero-order valence-electron chi connectivity index (χ0n) is 21.6. The Morgan fingerprint density at radius 3 is 2.50 bits per heavy atom. The van der Waals surface area contributed by atoms with Crippen molar-refractivity contribution < 1.29 is 22.0 Å². The molecule has 12 nitrogen and oxygen atoms in total. The molecule has 0 bridgehead atoms. The van der Waals surface area contributed by atoms with Gasteiger partial charge in [0.05, 0.1) is 27.7 Å². The Bertz CT molecular complexity index is 1780. The van der Waals surface area contributed by atoms with E-state index in [1.165, 1.54) is 10.6 Å². The van der Waals surface area contributed by atoms with Gasteiger partial charge in [-0.25, -0.2) is 22.2 Å². The lowest BCUT2D eigenvalue weighted by Crippen LogP contribution is -2.50. The summed E-state index contributed by atoms with van der Waals surface area (Å²) in [4.78, 5) is 20.7. The second-order valence-electron chi connectivity index (χ2n) is 10.2. The zero-order chi connectivity index (χ0) is 28.4. The van der Waals surface area contributed by atoms with E-state index in [0.29, 0.717) is 72.9 Å². The Hall–Kier alpha value is -3.68. The van der Waals surface area contributed by atoms with Crippen LogP contribution < -0.4 is 9.62 Å². The molecule has 6 rings (SSSR count). The summed E-state index contributed by atoms with van der Waals surface area (Å²) in [5, 5.41) is 16.7. The van der Waals surface area contributed by atoms with Gasteiger partial charge in [0.2, 0.25) is 26.8 Å². The minimum Gasteiger partial charge on any atom is -0.366 e. The largest absolute Gasteiger partial charge is 0.366 e. The summed E-state index contributed by atoms with van der Waals surface area (Å²) in [5.41, 5.74) is 0.404. The lowest BCUT2D eigenvalue weighted by Gasteiger charge is -2.37. The summed E-state index contributed by atoms with van der Waals surface area (Å²) >= 11 is 0.688. The summed E-state index contributed by atoms with van der Waals surface area (Å²) in [5.74, 6) is 0.253. The number of hydrogen-bond donors (Lipinski definition) is 1. The third-order valence-electron chi connectivity index (χ3n) is 7.18. The Morgan fingerprint density at radius 2 is 1.90 bits per heavy atom. The van der Waals surface area contributed by atoms with Crippen molar-refractivity contribution in [2.75, 3.05) is 31.1 Å². The van der Waals surface area contributed by atoms with Crippen LogP contribution in [-0.2, 0) is 14.8 Å². The Morgan fingerprint density at radius 1 is 1.18 bits per heavy atom. The van der Waals surface area contributed by atoms with E-state index in [9.17, 15) is 27.3 Å². The van der Waals surface area contributed by atoms with E-state index >= 15 is 0 Å². The van der Waals surface area contributed by atoms with Gasteiger partial charge >= 0.3 is 0 Å². The number of carbonyl (C=O) groups is 1. The third-order valence-corrected chi connectivity index (χ3v) is 9.62. The quantitative estimate of drug-likeness (QED) is 0.347. The van der Waals surface area contributed by atoms with Gasteiger partial charge in [0.25, 0.3) is 6.43 Å². The molecule has 0 unspecified atom stereocenters. The second kappa shape index (κ2) is 9.46. The van der Waals surface area contributed by atoms with Crippen LogP contribution in [0.5, 0.6) is 0 Å². The molecule has 4 aromatic rings. The zero-order valence-corrected chi connectivity index (χ0v) is 23.2. The maximum atomic E-state index is 13.5. The molecule has 1 saturated heterocycles. The van der Waals surface area contributed by atoms with E-state index in [1.807, 2.05) is 24.8 Å². The molecule has 0 spiro atoms. The van der Waals surface area contributed by atoms with Crippen molar-refractivity contribution in [2.45, 2.75) is 43.5 Å². The van der Waals surface area contributed by atoms with Gasteiger partial charge < -0.3 is 9.80 Å². The van der Waals surface area contributed by atoms with Gasteiger partial charge in [-0.3, -0.25) is 13.8 Å². The van der Waals surface area contributed by atoms with Crippen molar-refractivity contribution in [2.24, 2.45) is 5.92 Å². The van der Waals surface area contributed by atoms with Crippen molar-refractivity contribution in [3.63, 3.8) is 0 Å². The first-order valence-corrected chi connectivity index (χ1v) is 15.0. The molecule has 2 aliphatic rings.